The molecule has 1 rings (SSSR count). The summed E-state index contributed by atoms with van der Waals surface area (Å²) in [5, 5.41) is 2.93. The lowest BCUT2D eigenvalue weighted by molar-refractivity contribution is 0.0597. The maximum absolute atomic E-state index is 12.1. The van der Waals surface area contributed by atoms with E-state index in [-0.39, 0.29) is 28.6 Å². The van der Waals surface area contributed by atoms with Gasteiger partial charge >= 0.3 is 5.97 Å². The Bertz CT molecular complexity index is 592. The first-order chi connectivity index (χ1) is 9.96. The van der Waals surface area contributed by atoms with Crippen LogP contribution in [0.1, 0.15) is 16.8 Å². The van der Waals surface area contributed by atoms with Crippen molar-refractivity contribution in [2.24, 2.45) is 0 Å². The highest BCUT2D eigenvalue weighted by Gasteiger charge is 2.19. The van der Waals surface area contributed by atoms with Crippen molar-refractivity contribution in [2.75, 3.05) is 34.4 Å². The van der Waals surface area contributed by atoms with Crippen LogP contribution in [0.4, 0.5) is 0 Å². The number of benzene rings is 1. The Balaban J connectivity index is 0.00000441. The minimum atomic E-state index is -3.63. The van der Waals surface area contributed by atoms with Gasteiger partial charge in [0.25, 0.3) is 0 Å². The van der Waals surface area contributed by atoms with Crippen molar-refractivity contribution in [1.82, 2.24) is 10.0 Å². The number of esters is 1. The zero-order valence-electron chi connectivity index (χ0n) is 12.7. The zero-order chi connectivity index (χ0) is 15.9. The van der Waals surface area contributed by atoms with Gasteiger partial charge in [-0.05, 0) is 32.1 Å². The molecule has 0 aliphatic rings. The molecule has 0 heterocycles. The summed E-state index contributed by atoms with van der Waals surface area (Å²) in [5.41, 5.74) is 0.175. The maximum atomic E-state index is 12.1. The number of hydrogen-bond donors (Lipinski definition) is 2. The molecule has 0 aliphatic heterocycles. The maximum Gasteiger partial charge on any atom is 0.341 e. The molecule has 22 heavy (non-hydrogen) atoms. The van der Waals surface area contributed by atoms with E-state index in [0.29, 0.717) is 19.5 Å². The van der Waals surface area contributed by atoms with E-state index in [1.807, 2.05) is 0 Å². The number of carbonyl (C=O) groups excluding carboxylic acids is 1. The molecule has 0 amide bonds. The largest absolute Gasteiger partial charge is 0.496 e. The van der Waals surface area contributed by atoms with Gasteiger partial charge in [-0.25, -0.2) is 17.9 Å². The van der Waals surface area contributed by atoms with Crippen LogP contribution < -0.4 is 14.8 Å². The molecule has 0 bridgehead atoms. The molecule has 0 fully saturated rings. The van der Waals surface area contributed by atoms with E-state index in [1.165, 1.54) is 32.4 Å². The number of methoxy groups -OCH3 is 2. The minimum Gasteiger partial charge on any atom is -0.496 e. The fraction of sp³-hybridized carbons (Fsp3) is 0.462. The molecular weight excluding hydrogens is 332 g/mol. The van der Waals surface area contributed by atoms with Crippen LogP contribution in [0.3, 0.4) is 0 Å². The number of hydrogen-bond acceptors (Lipinski definition) is 6. The third kappa shape index (κ3) is 5.45. The van der Waals surface area contributed by atoms with Crippen molar-refractivity contribution in [3.8, 4) is 5.75 Å². The molecule has 0 radical (unpaired) electrons. The monoisotopic (exact) mass is 352 g/mol. The van der Waals surface area contributed by atoms with Crippen LogP contribution in [0.5, 0.6) is 5.75 Å². The van der Waals surface area contributed by atoms with Crippen molar-refractivity contribution in [2.45, 2.75) is 11.3 Å². The number of ether oxygens (including phenoxy) is 2. The van der Waals surface area contributed by atoms with Gasteiger partial charge in [-0.15, -0.1) is 12.4 Å². The van der Waals surface area contributed by atoms with Crippen LogP contribution >= 0.6 is 12.4 Å². The smallest absolute Gasteiger partial charge is 0.341 e. The van der Waals surface area contributed by atoms with Crippen molar-refractivity contribution < 1.29 is 22.7 Å². The Morgan fingerprint density at radius 1 is 1.23 bits per heavy atom. The second-order valence-corrected chi connectivity index (χ2v) is 5.98. The molecule has 0 aromatic heterocycles. The summed E-state index contributed by atoms with van der Waals surface area (Å²) in [6.07, 6.45) is 0.674. The third-order valence-corrected chi connectivity index (χ3v) is 4.24. The molecular formula is C13H21ClN2O5S. The Morgan fingerprint density at radius 3 is 2.45 bits per heavy atom. The lowest BCUT2D eigenvalue weighted by atomic mass is 10.2. The van der Waals surface area contributed by atoms with E-state index in [4.69, 9.17) is 4.74 Å². The van der Waals surface area contributed by atoms with E-state index in [0.717, 1.165) is 0 Å². The number of halogens is 1. The topological polar surface area (TPSA) is 93.7 Å². The van der Waals surface area contributed by atoms with Gasteiger partial charge in [0.05, 0.1) is 19.1 Å². The third-order valence-electron chi connectivity index (χ3n) is 2.78. The fourth-order valence-electron chi connectivity index (χ4n) is 1.67. The van der Waals surface area contributed by atoms with E-state index in [1.54, 1.807) is 7.05 Å². The van der Waals surface area contributed by atoms with Crippen LogP contribution in [0.2, 0.25) is 0 Å². The van der Waals surface area contributed by atoms with Crippen LogP contribution in [0, 0.1) is 0 Å². The Kier molecular flexibility index (Phi) is 9.03. The molecule has 9 heteroatoms. The van der Waals surface area contributed by atoms with Gasteiger partial charge in [0.2, 0.25) is 10.0 Å². The minimum absolute atomic E-state index is 0. The van der Waals surface area contributed by atoms with E-state index >= 15 is 0 Å². The average Bonchev–Trinajstić information content (AvgIpc) is 2.50. The Labute approximate surface area is 136 Å². The van der Waals surface area contributed by atoms with Crippen molar-refractivity contribution in [3.05, 3.63) is 23.8 Å². The lowest BCUT2D eigenvalue weighted by Gasteiger charge is -2.10. The lowest BCUT2D eigenvalue weighted by Crippen LogP contribution is -2.27. The number of nitrogens with one attached hydrogen (secondary N) is 2. The molecule has 7 nitrogen and oxygen atoms in total. The van der Waals surface area contributed by atoms with Crippen molar-refractivity contribution in [1.29, 1.82) is 0 Å². The van der Waals surface area contributed by atoms with Gasteiger partial charge in [-0.1, -0.05) is 0 Å². The fourth-order valence-corrected chi connectivity index (χ4v) is 2.76. The van der Waals surface area contributed by atoms with Crippen LogP contribution in [0.15, 0.2) is 23.1 Å². The van der Waals surface area contributed by atoms with Gasteiger partial charge in [0.1, 0.15) is 11.3 Å². The van der Waals surface area contributed by atoms with Crippen LogP contribution in [-0.4, -0.2) is 48.7 Å². The summed E-state index contributed by atoms with van der Waals surface area (Å²) in [7, 11) is 0.770. The molecule has 0 unspecified atom stereocenters. The molecule has 126 valence electrons. The first-order valence-electron chi connectivity index (χ1n) is 6.37. The quantitative estimate of drug-likeness (QED) is 0.530. The summed E-state index contributed by atoms with van der Waals surface area (Å²) >= 11 is 0. The summed E-state index contributed by atoms with van der Waals surface area (Å²) in [6.45, 7) is 1.04. The molecule has 0 saturated carbocycles. The van der Waals surface area contributed by atoms with Gasteiger partial charge in [0, 0.05) is 12.6 Å². The molecule has 2 N–H and O–H groups in total. The van der Waals surface area contributed by atoms with Gasteiger partial charge in [-0.3, -0.25) is 0 Å². The summed E-state index contributed by atoms with van der Waals surface area (Å²) in [4.78, 5) is 11.6. The van der Waals surface area contributed by atoms with E-state index in [9.17, 15) is 13.2 Å². The molecule has 0 saturated heterocycles. The van der Waals surface area contributed by atoms with Gasteiger partial charge < -0.3 is 14.8 Å². The summed E-state index contributed by atoms with van der Waals surface area (Å²) in [5.74, 6) is -0.433. The number of sulfonamides is 1. The number of carbonyl (C=O) groups is 1. The van der Waals surface area contributed by atoms with Crippen molar-refractivity contribution in [3.63, 3.8) is 0 Å². The van der Waals surface area contributed by atoms with Gasteiger partial charge in [0.15, 0.2) is 0 Å². The molecule has 0 spiro atoms. The normalized spacial score (nSPS) is 10.7. The predicted octanol–water partition coefficient (Wildman–Crippen LogP) is 0.791. The zero-order valence-corrected chi connectivity index (χ0v) is 14.3. The SMILES string of the molecule is CNCCCNS(=O)(=O)c1ccc(C(=O)OC)c(OC)c1.Cl. The molecule has 0 atom stereocenters. The Hall–Kier alpha value is -1.35. The molecule has 0 aliphatic carbocycles. The number of rotatable bonds is 8. The predicted molar refractivity (Wildman–Crippen MR) is 85.3 cm³/mol. The highest BCUT2D eigenvalue weighted by molar-refractivity contribution is 7.89. The van der Waals surface area contributed by atoms with Crippen molar-refractivity contribution >= 4 is 28.4 Å². The van der Waals surface area contributed by atoms with Crippen LogP contribution in [0.25, 0.3) is 0 Å². The van der Waals surface area contributed by atoms with E-state index < -0.39 is 16.0 Å². The highest BCUT2D eigenvalue weighted by Crippen LogP contribution is 2.23. The van der Waals surface area contributed by atoms with Gasteiger partial charge in [-0.2, -0.15) is 0 Å². The standard InChI is InChI=1S/C13H20N2O5S.ClH/c1-14-7-4-8-15-21(17,18)10-5-6-11(13(16)20-3)12(9-10)19-2;/h5-6,9,14-15H,4,7-8H2,1-3H3;1H. The first-order valence-corrected chi connectivity index (χ1v) is 7.85. The Morgan fingerprint density at radius 2 is 1.91 bits per heavy atom. The molecule has 1 aromatic carbocycles. The average molecular weight is 353 g/mol. The first kappa shape index (κ1) is 20.6. The second-order valence-electron chi connectivity index (χ2n) is 4.21. The van der Waals surface area contributed by atoms with E-state index in [2.05, 4.69) is 14.8 Å². The summed E-state index contributed by atoms with van der Waals surface area (Å²) < 4.78 is 36.4. The summed E-state index contributed by atoms with van der Waals surface area (Å²) in [6, 6.07) is 4.01. The second kappa shape index (κ2) is 9.62. The van der Waals surface area contributed by atoms with Crippen LogP contribution in [-0.2, 0) is 14.8 Å². The highest BCUT2D eigenvalue weighted by atomic mass is 35.5. The molecule has 1 aromatic rings.